The van der Waals surface area contributed by atoms with Crippen LogP contribution < -0.4 is 20.9 Å². The van der Waals surface area contributed by atoms with E-state index in [0.29, 0.717) is 25.2 Å². The van der Waals surface area contributed by atoms with Crippen LogP contribution in [0.4, 0.5) is 5.82 Å². The summed E-state index contributed by atoms with van der Waals surface area (Å²) in [6, 6.07) is 9.42. The van der Waals surface area contributed by atoms with Crippen molar-refractivity contribution in [1.29, 1.82) is 0 Å². The van der Waals surface area contributed by atoms with Crippen molar-refractivity contribution in [2.75, 3.05) is 31.6 Å². The lowest BCUT2D eigenvalue weighted by molar-refractivity contribution is -0.159. The van der Waals surface area contributed by atoms with Gasteiger partial charge in [0.15, 0.2) is 0 Å². The minimum absolute atomic E-state index is 0.00134. The molecule has 0 spiro atoms. The van der Waals surface area contributed by atoms with Gasteiger partial charge in [0.1, 0.15) is 24.3 Å². The van der Waals surface area contributed by atoms with E-state index in [1.54, 1.807) is 16.4 Å². The van der Waals surface area contributed by atoms with Crippen LogP contribution in [0.15, 0.2) is 35.1 Å². The van der Waals surface area contributed by atoms with Gasteiger partial charge in [-0.05, 0) is 19.1 Å². The molecule has 0 radical (unpaired) electrons. The number of aliphatic carboxylic acids is 2. The van der Waals surface area contributed by atoms with Crippen LogP contribution in [0.3, 0.4) is 0 Å². The molecule has 1 aromatic carbocycles. The van der Waals surface area contributed by atoms with E-state index in [0.717, 1.165) is 11.6 Å². The Labute approximate surface area is 173 Å². The fourth-order valence-electron chi connectivity index (χ4n) is 2.43. The van der Waals surface area contributed by atoms with E-state index >= 15 is 0 Å². The predicted molar refractivity (Wildman–Crippen MR) is 110 cm³/mol. The number of nitrogens with one attached hydrogen (secondary N) is 2. The van der Waals surface area contributed by atoms with Gasteiger partial charge in [0.05, 0.1) is 5.56 Å². The highest BCUT2D eigenvalue weighted by molar-refractivity contribution is 6.27. The number of para-hydroxylation sites is 1. The highest BCUT2D eigenvalue weighted by Crippen LogP contribution is 2.09. The molecule has 0 aliphatic rings. The van der Waals surface area contributed by atoms with Gasteiger partial charge in [-0.15, -0.1) is 0 Å². The maximum absolute atomic E-state index is 11.8. The maximum atomic E-state index is 11.8. The molecular formula is C19H28N4O7. The summed E-state index contributed by atoms with van der Waals surface area (Å²) in [6.45, 7) is 3.83. The van der Waals surface area contributed by atoms with Crippen molar-refractivity contribution in [3.63, 3.8) is 0 Å². The Hall–Kier alpha value is -3.31. The highest BCUT2D eigenvalue weighted by atomic mass is 16.5. The minimum Gasteiger partial charge on any atom is -0.491 e. The summed E-state index contributed by atoms with van der Waals surface area (Å²) in [4.78, 5) is 30.0. The van der Waals surface area contributed by atoms with Crippen LogP contribution in [0, 0.1) is 6.92 Å². The first-order valence-electron chi connectivity index (χ1n) is 9.14. The fourth-order valence-corrected chi connectivity index (χ4v) is 2.43. The summed E-state index contributed by atoms with van der Waals surface area (Å²) in [7, 11) is 3.58. The van der Waals surface area contributed by atoms with Gasteiger partial charge in [0.2, 0.25) is 0 Å². The fraction of sp³-hybridized carbons (Fsp3) is 0.421. The van der Waals surface area contributed by atoms with Gasteiger partial charge in [-0.1, -0.05) is 18.2 Å². The molecule has 11 heteroatoms. The standard InChI is InChI=1S/C17H26N4O3.C2H2O4/c1-13-16(20(2)21(3)17(13)23)19-10-9-18-11-14(22)12-24-15-7-5-4-6-8-15;3-1(4)2(5)6/h4-8,14,18-19,22H,9-12H2,1-3H3;(H,3,4)(H,5,6). The third-order valence-corrected chi connectivity index (χ3v) is 4.09. The van der Waals surface area contributed by atoms with Crippen LogP contribution in [0.5, 0.6) is 5.75 Å². The van der Waals surface area contributed by atoms with E-state index in [2.05, 4.69) is 10.6 Å². The predicted octanol–water partition coefficient (Wildman–Crippen LogP) is -0.371. The van der Waals surface area contributed by atoms with Gasteiger partial charge in [-0.3, -0.25) is 14.2 Å². The van der Waals surface area contributed by atoms with E-state index in [1.807, 2.05) is 44.3 Å². The molecule has 0 saturated heterocycles. The number of aromatic nitrogens is 2. The number of hydrogen-bond donors (Lipinski definition) is 5. The van der Waals surface area contributed by atoms with E-state index in [4.69, 9.17) is 24.5 Å². The van der Waals surface area contributed by atoms with Crippen molar-refractivity contribution in [3.05, 3.63) is 46.2 Å². The molecule has 1 aromatic heterocycles. The molecule has 166 valence electrons. The number of nitrogens with zero attached hydrogens (tertiary/aromatic N) is 2. The average Bonchev–Trinajstić information content (AvgIpc) is 2.90. The zero-order chi connectivity index (χ0) is 22.7. The van der Waals surface area contributed by atoms with Crippen molar-refractivity contribution < 1.29 is 29.6 Å². The number of hydrogen-bond acceptors (Lipinski definition) is 7. The Morgan fingerprint density at radius 1 is 1.07 bits per heavy atom. The van der Waals surface area contributed by atoms with Gasteiger partial charge in [-0.2, -0.15) is 0 Å². The summed E-state index contributed by atoms with van der Waals surface area (Å²) in [5, 5.41) is 31.1. The van der Waals surface area contributed by atoms with Crippen molar-refractivity contribution >= 4 is 17.8 Å². The van der Waals surface area contributed by atoms with E-state index in [-0.39, 0.29) is 12.2 Å². The molecular weight excluding hydrogens is 396 g/mol. The second-order valence-corrected chi connectivity index (χ2v) is 6.35. The molecule has 0 saturated carbocycles. The van der Waals surface area contributed by atoms with Gasteiger partial charge in [-0.25, -0.2) is 9.59 Å². The quantitative estimate of drug-likeness (QED) is 0.268. The zero-order valence-electron chi connectivity index (χ0n) is 17.2. The molecule has 11 nitrogen and oxygen atoms in total. The van der Waals surface area contributed by atoms with Crippen LogP contribution in [-0.2, 0) is 23.7 Å². The molecule has 2 rings (SSSR count). The lowest BCUT2D eigenvalue weighted by Crippen LogP contribution is -2.34. The van der Waals surface area contributed by atoms with Crippen molar-refractivity contribution in [3.8, 4) is 5.75 Å². The second kappa shape index (κ2) is 12.3. The molecule has 0 amide bonds. The molecule has 1 heterocycles. The van der Waals surface area contributed by atoms with Crippen molar-refractivity contribution in [2.24, 2.45) is 14.1 Å². The normalized spacial score (nSPS) is 11.2. The average molecular weight is 424 g/mol. The Balaban J connectivity index is 0.000000656. The maximum Gasteiger partial charge on any atom is 0.414 e. The van der Waals surface area contributed by atoms with Gasteiger partial charge in [0, 0.05) is 33.7 Å². The van der Waals surface area contributed by atoms with E-state index in [1.165, 1.54) is 0 Å². The number of rotatable bonds is 9. The molecule has 0 aliphatic heterocycles. The lowest BCUT2D eigenvalue weighted by atomic mass is 10.3. The molecule has 5 N–H and O–H groups in total. The van der Waals surface area contributed by atoms with Gasteiger partial charge < -0.3 is 30.7 Å². The largest absolute Gasteiger partial charge is 0.491 e. The van der Waals surface area contributed by atoms with Gasteiger partial charge >= 0.3 is 11.9 Å². The number of benzene rings is 1. The Kier molecular flexibility index (Phi) is 10.1. The number of anilines is 1. The smallest absolute Gasteiger partial charge is 0.414 e. The van der Waals surface area contributed by atoms with Crippen LogP contribution in [0.2, 0.25) is 0 Å². The zero-order valence-corrected chi connectivity index (χ0v) is 17.2. The SMILES string of the molecule is Cc1c(NCCNCC(O)COc2ccccc2)n(C)n(C)c1=O.O=C(O)C(=O)O. The number of carboxylic acids is 2. The first-order chi connectivity index (χ1) is 14.1. The lowest BCUT2D eigenvalue weighted by Gasteiger charge is -2.14. The van der Waals surface area contributed by atoms with E-state index < -0.39 is 18.0 Å². The summed E-state index contributed by atoms with van der Waals surface area (Å²) >= 11 is 0. The third kappa shape index (κ3) is 7.97. The molecule has 2 aromatic rings. The number of carboxylic acid groups (broad SMARTS) is 2. The van der Waals surface area contributed by atoms with Crippen LogP contribution in [-0.4, -0.2) is 69.0 Å². The van der Waals surface area contributed by atoms with Crippen LogP contribution >= 0.6 is 0 Å². The minimum atomic E-state index is -1.82. The number of carbonyl (C=O) groups is 2. The van der Waals surface area contributed by atoms with Gasteiger partial charge in [0.25, 0.3) is 5.56 Å². The summed E-state index contributed by atoms with van der Waals surface area (Å²) < 4.78 is 8.85. The molecule has 0 bridgehead atoms. The Morgan fingerprint density at radius 2 is 1.67 bits per heavy atom. The first-order valence-corrected chi connectivity index (χ1v) is 9.14. The Bertz CT molecular complexity index is 865. The first kappa shape index (κ1) is 24.7. The second-order valence-electron chi connectivity index (χ2n) is 6.35. The molecule has 1 atom stereocenters. The summed E-state index contributed by atoms with van der Waals surface area (Å²) in [5.41, 5.74) is 0.706. The monoisotopic (exact) mass is 424 g/mol. The topological polar surface area (TPSA) is 155 Å². The molecule has 30 heavy (non-hydrogen) atoms. The third-order valence-electron chi connectivity index (χ3n) is 4.09. The van der Waals surface area contributed by atoms with E-state index in [9.17, 15) is 9.90 Å². The number of aliphatic hydroxyl groups is 1. The molecule has 0 fully saturated rings. The van der Waals surface area contributed by atoms with Crippen molar-refractivity contribution in [2.45, 2.75) is 13.0 Å². The summed E-state index contributed by atoms with van der Waals surface area (Å²) in [5.74, 6) is -2.08. The van der Waals surface area contributed by atoms with Crippen molar-refractivity contribution in [1.82, 2.24) is 14.7 Å². The number of ether oxygens (including phenoxy) is 1. The summed E-state index contributed by atoms with van der Waals surface area (Å²) in [6.07, 6.45) is -0.576. The van der Waals surface area contributed by atoms with Crippen LogP contribution in [0.25, 0.3) is 0 Å². The molecule has 0 aliphatic carbocycles. The molecule has 1 unspecified atom stereocenters. The number of aliphatic hydroxyl groups excluding tert-OH is 1. The Morgan fingerprint density at radius 3 is 2.17 bits per heavy atom. The van der Waals surface area contributed by atoms with Crippen LogP contribution in [0.1, 0.15) is 5.56 Å². The highest BCUT2D eigenvalue weighted by Gasteiger charge is 2.11.